The number of benzene rings is 1. The van der Waals surface area contributed by atoms with Crippen molar-refractivity contribution in [2.24, 2.45) is 11.8 Å². The van der Waals surface area contributed by atoms with E-state index in [2.05, 4.69) is 0 Å². The highest BCUT2D eigenvalue weighted by Crippen LogP contribution is 2.39. The molecule has 0 radical (unpaired) electrons. The average Bonchev–Trinajstić information content (AvgIpc) is 3.18. The molecule has 1 amide bonds. The van der Waals surface area contributed by atoms with Crippen molar-refractivity contribution in [1.29, 1.82) is 0 Å². The molecule has 0 spiro atoms. The van der Waals surface area contributed by atoms with Crippen LogP contribution < -0.4 is 4.74 Å². The molecule has 1 aliphatic rings. The van der Waals surface area contributed by atoms with Crippen molar-refractivity contribution in [2.45, 2.75) is 6.42 Å². The molecule has 6 heteroatoms. The Bertz CT molecular complexity index is 520. The van der Waals surface area contributed by atoms with Crippen molar-refractivity contribution in [2.75, 3.05) is 20.2 Å². The molecule has 1 aromatic carbocycles. The van der Waals surface area contributed by atoms with E-state index in [0.29, 0.717) is 30.3 Å². The summed E-state index contributed by atoms with van der Waals surface area (Å²) in [6.45, 7) is 0.751. The van der Waals surface area contributed by atoms with E-state index < -0.39 is 11.9 Å². The van der Waals surface area contributed by atoms with Crippen molar-refractivity contribution in [1.82, 2.24) is 4.90 Å². The molecule has 0 aromatic heterocycles. The Hall–Kier alpha value is -1.75. The van der Waals surface area contributed by atoms with Gasteiger partial charge < -0.3 is 14.7 Å². The van der Waals surface area contributed by atoms with Crippen molar-refractivity contribution < 1.29 is 19.4 Å². The molecule has 108 valence electrons. The maximum Gasteiger partial charge on any atom is 0.307 e. The maximum atomic E-state index is 11.9. The molecule has 1 aromatic rings. The topological polar surface area (TPSA) is 66.8 Å². The van der Waals surface area contributed by atoms with E-state index in [0.717, 1.165) is 0 Å². The van der Waals surface area contributed by atoms with Crippen LogP contribution in [0, 0.1) is 11.8 Å². The second-order valence-corrected chi connectivity index (χ2v) is 5.29. The third-order valence-electron chi connectivity index (χ3n) is 3.29. The second kappa shape index (κ2) is 6.13. The number of carbonyl (C=O) groups excluding carboxylic acids is 1. The molecule has 5 nitrogen and oxygen atoms in total. The fourth-order valence-corrected chi connectivity index (χ4v) is 2.17. The summed E-state index contributed by atoms with van der Waals surface area (Å²) in [5, 5.41) is 9.39. The molecule has 20 heavy (non-hydrogen) atoms. The number of carboxylic acids is 1. The van der Waals surface area contributed by atoms with Crippen molar-refractivity contribution in [3.63, 3.8) is 0 Å². The van der Waals surface area contributed by atoms with Gasteiger partial charge in [-0.25, -0.2) is 0 Å². The summed E-state index contributed by atoms with van der Waals surface area (Å²) >= 11 is 5.83. The molecular weight excluding hydrogens is 282 g/mol. The number of halogens is 1. The number of likely N-dealkylation sites (N-methyl/N-ethyl adjacent to an activating group) is 1. The highest BCUT2D eigenvalue weighted by molar-refractivity contribution is 6.30. The molecule has 2 unspecified atom stereocenters. The summed E-state index contributed by atoms with van der Waals surface area (Å²) in [5.41, 5.74) is 0. The first-order chi connectivity index (χ1) is 9.49. The van der Waals surface area contributed by atoms with Crippen molar-refractivity contribution >= 4 is 23.5 Å². The number of hydrogen-bond acceptors (Lipinski definition) is 3. The molecule has 1 N–H and O–H groups in total. The fraction of sp³-hybridized carbons (Fsp3) is 0.429. The minimum Gasteiger partial charge on any atom is -0.492 e. The van der Waals surface area contributed by atoms with Crippen molar-refractivity contribution in [3.05, 3.63) is 29.3 Å². The zero-order chi connectivity index (χ0) is 14.7. The Balaban J connectivity index is 1.74. The second-order valence-electron chi connectivity index (χ2n) is 4.85. The monoisotopic (exact) mass is 297 g/mol. The zero-order valence-corrected chi connectivity index (χ0v) is 11.8. The number of hydrogen-bond donors (Lipinski definition) is 1. The summed E-state index contributed by atoms with van der Waals surface area (Å²) in [5.74, 6) is -1.27. The lowest BCUT2D eigenvalue weighted by molar-refractivity contribution is -0.141. The van der Waals surface area contributed by atoms with Gasteiger partial charge in [0.25, 0.3) is 0 Å². The maximum absolute atomic E-state index is 11.9. The minimum atomic E-state index is -0.896. The van der Waals surface area contributed by atoms with Gasteiger partial charge in [-0.05, 0) is 24.6 Å². The van der Waals surface area contributed by atoms with Gasteiger partial charge in [0.2, 0.25) is 5.91 Å². The number of amides is 1. The van der Waals surface area contributed by atoms with Crippen LogP contribution in [0.1, 0.15) is 6.42 Å². The molecule has 1 aliphatic carbocycles. The Labute approximate surface area is 122 Å². The molecule has 0 saturated heterocycles. The van der Waals surface area contributed by atoms with Crippen LogP contribution in [0.3, 0.4) is 0 Å². The first kappa shape index (κ1) is 14.7. The predicted molar refractivity (Wildman–Crippen MR) is 73.8 cm³/mol. The quantitative estimate of drug-likeness (QED) is 0.871. The predicted octanol–water partition coefficient (Wildman–Crippen LogP) is 1.90. The largest absolute Gasteiger partial charge is 0.492 e. The summed E-state index contributed by atoms with van der Waals surface area (Å²) in [4.78, 5) is 24.1. The number of ether oxygens (including phenoxy) is 1. The SMILES string of the molecule is CN(CCOc1cccc(Cl)c1)C(=O)C1CC1C(=O)O. The van der Waals surface area contributed by atoms with Gasteiger partial charge in [-0.1, -0.05) is 17.7 Å². The molecule has 2 atom stereocenters. The highest BCUT2D eigenvalue weighted by Gasteiger charge is 2.49. The first-order valence-corrected chi connectivity index (χ1v) is 6.73. The lowest BCUT2D eigenvalue weighted by Gasteiger charge is -2.17. The van der Waals surface area contributed by atoms with Crippen LogP contribution in [0.5, 0.6) is 5.75 Å². The highest BCUT2D eigenvalue weighted by atomic mass is 35.5. The zero-order valence-electron chi connectivity index (χ0n) is 11.1. The Kier molecular flexibility index (Phi) is 4.49. The summed E-state index contributed by atoms with van der Waals surface area (Å²) < 4.78 is 5.49. The van der Waals surface area contributed by atoms with Gasteiger partial charge in [0.1, 0.15) is 12.4 Å². The number of carboxylic acid groups (broad SMARTS) is 1. The molecule has 0 heterocycles. The van der Waals surface area contributed by atoms with Crippen LogP contribution >= 0.6 is 11.6 Å². The minimum absolute atomic E-state index is 0.132. The molecule has 1 fully saturated rings. The van der Waals surface area contributed by atoms with Gasteiger partial charge in [0.05, 0.1) is 18.4 Å². The van der Waals surface area contributed by atoms with Crippen LogP contribution in [-0.2, 0) is 9.59 Å². The lowest BCUT2D eigenvalue weighted by atomic mass is 10.3. The summed E-state index contributed by atoms with van der Waals surface area (Å²) in [7, 11) is 1.65. The third-order valence-corrected chi connectivity index (χ3v) is 3.53. The van der Waals surface area contributed by atoms with Crippen LogP contribution in [0.2, 0.25) is 5.02 Å². The normalized spacial score (nSPS) is 20.3. The lowest BCUT2D eigenvalue weighted by Crippen LogP contribution is -2.32. The van der Waals surface area contributed by atoms with E-state index in [4.69, 9.17) is 21.4 Å². The van der Waals surface area contributed by atoms with E-state index in [1.165, 1.54) is 4.90 Å². The first-order valence-electron chi connectivity index (χ1n) is 6.35. The van der Waals surface area contributed by atoms with Crippen molar-refractivity contribution in [3.8, 4) is 5.75 Å². The van der Waals surface area contributed by atoms with Crippen LogP contribution in [0.4, 0.5) is 0 Å². The number of aliphatic carboxylic acids is 1. The van der Waals surface area contributed by atoms with E-state index in [1.54, 1.807) is 31.3 Å². The van der Waals surface area contributed by atoms with Gasteiger partial charge in [-0.15, -0.1) is 0 Å². The van der Waals surface area contributed by atoms with Crippen LogP contribution in [0.25, 0.3) is 0 Å². The standard InChI is InChI=1S/C14H16ClNO4/c1-16(13(17)11-8-12(11)14(18)19)5-6-20-10-4-2-3-9(15)7-10/h2-4,7,11-12H,5-6,8H2,1H3,(H,18,19). The molecule has 1 saturated carbocycles. The van der Waals surface area contributed by atoms with Gasteiger partial charge >= 0.3 is 5.97 Å². The average molecular weight is 298 g/mol. The number of nitrogens with zero attached hydrogens (tertiary/aromatic N) is 1. The van der Waals surface area contributed by atoms with Gasteiger partial charge in [0, 0.05) is 12.1 Å². The molecule has 0 bridgehead atoms. The molecule has 2 rings (SSSR count). The van der Waals surface area contributed by atoms with Gasteiger partial charge in [-0.2, -0.15) is 0 Å². The summed E-state index contributed by atoms with van der Waals surface area (Å²) in [6, 6.07) is 7.02. The fourth-order valence-electron chi connectivity index (χ4n) is 1.99. The Morgan fingerprint density at radius 2 is 2.20 bits per heavy atom. The van der Waals surface area contributed by atoms with E-state index >= 15 is 0 Å². The smallest absolute Gasteiger partial charge is 0.307 e. The Morgan fingerprint density at radius 3 is 2.80 bits per heavy atom. The molecule has 0 aliphatic heterocycles. The van der Waals surface area contributed by atoms with E-state index in [1.807, 2.05) is 0 Å². The number of rotatable bonds is 6. The Morgan fingerprint density at radius 1 is 1.45 bits per heavy atom. The van der Waals surface area contributed by atoms with Gasteiger partial charge in [-0.3, -0.25) is 9.59 Å². The van der Waals surface area contributed by atoms with Crippen LogP contribution in [0.15, 0.2) is 24.3 Å². The third kappa shape index (κ3) is 3.63. The summed E-state index contributed by atoms with van der Waals surface area (Å²) in [6.07, 6.45) is 0.438. The van der Waals surface area contributed by atoms with E-state index in [9.17, 15) is 9.59 Å². The van der Waals surface area contributed by atoms with E-state index in [-0.39, 0.29) is 11.8 Å². The van der Waals surface area contributed by atoms with Crippen LogP contribution in [-0.4, -0.2) is 42.1 Å². The van der Waals surface area contributed by atoms with Gasteiger partial charge in [0.15, 0.2) is 0 Å². The molecular formula is C14H16ClNO4. The number of carbonyl (C=O) groups is 2.